The van der Waals surface area contributed by atoms with Crippen molar-refractivity contribution in [1.82, 2.24) is 36.8 Å². The van der Waals surface area contributed by atoms with Crippen molar-refractivity contribution < 1.29 is 38.3 Å². The molecule has 0 unspecified atom stereocenters. The Kier molecular flexibility index (Phi) is 11.7. The minimum Gasteiger partial charge on any atom is -0.491 e. The van der Waals surface area contributed by atoms with Crippen LogP contribution in [0.2, 0.25) is 0 Å². The van der Waals surface area contributed by atoms with Gasteiger partial charge in [-0.3, -0.25) is 28.8 Å². The van der Waals surface area contributed by atoms with Crippen molar-refractivity contribution in [3.63, 3.8) is 0 Å². The Labute approximate surface area is 248 Å². The van der Waals surface area contributed by atoms with Crippen LogP contribution in [0.1, 0.15) is 37.0 Å². The summed E-state index contributed by atoms with van der Waals surface area (Å²) in [7, 11) is 0. The van der Waals surface area contributed by atoms with Gasteiger partial charge in [0.2, 0.25) is 29.5 Å². The van der Waals surface area contributed by atoms with Crippen molar-refractivity contribution in [2.24, 2.45) is 11.7 Å². The first-order valence-corrected chi connectivity index (χ1v) is 13.9. The molecule has 0 spiro atoms. The van der Waals surface area contributed by atoms with Gasteiger partial charge in [-0.25, -0.2) is 4.79 Å². The number of amides is 8. The molecule has 0 radical (unpaired) electrons. The molecule has 8 amide bonds. The normalized spacial score (nSPS) is 22.2. The van der Waals surface area contributed by atoms with Gasteiger partial charge in [-0.05, 0) is 18.1 Å². The summed E-state index contributed by atoms with van der Waals surface area (Å²) in [4.78, 5) is 90.5. The van der Waals surface area contributed by atoms with Gasteiger partial charge >= 0.3 is 6.03 Å². The maximum Gasteiger partial charge on any atom is 0.317 e. The maximum absolute atomic E-state index is 13.3. The van der Waals surface area contributed by atoms with Gasteiger partial charge in [0.1, 0.15) is 30.5 Å². The van der Waals surface area contributed by atoms with Crippen molar-refractivity contribution in [3.05, 3.63) is 29.8 Å². The molecule has 2 heterocycles. The average molecular weight is 603 g/mol. The van der Waals surface area contributed by atoms with E-state index in [0.717, 1.165) is 0 Å². The molecule has 3 atom stereocenters. The number of carbonyl (C=O) groups excluding carboxylic acids is 7. The highest BCUT2D eigenvalue weighted by atomic mass is 16.5. The molecule has 2 aliphatic heterocycles. The summed E-state index contributed by atoms with van der Waals surface area (Å²) >= 11 is 0. The fourth-order valence-electron chi connectivity index (χ4n) is 4.47. The van der Waals surface area contributed by atoms with Gasteiger partial charge in [0, 0.05) is 26.2 Å². The molecule has 1 saturated heterocycles. The number of nitrogens with zero attached hydrogens (tertiary/aromatic N) is 1. The molecular weight excluding hydrogens is 564 g/mol. The quantitative estimate of drug-likeness (QED) is 0.174. The minimum atomic E-state index is -1.45. The molecular formula is C27H38N8O8. The Bertz CT molecular complexity index is 1240. The Morgan fingerprint density at radius 1 is 1.02 bits per heavy atom. The van der Waals surface area contributed by atoms with Crippen LogP contribution in [0.25, 0.3) is 0 Å². The van der Waals surface area contributed by atoms with Crippen LogP contribution in [0.3, 0.4) is 0 Å². The van der Waals surface area contributed by atoms with Gasteiger partial charge < -0.3 is 47.3 Å². The number of benzene rings is 1. The standard InChI is InChI=1S/C27H38N8O8/c1-15(2)22-26(41)30-9-12-43-19-6-4-3-5-16(19)23(38)33-18(24(39)29-7-10-35-11-8-31-27(35)42)14-21(37)32-17(13-20(28)36)25(40)34-22/h3-6,15,17-18,22H,7-14H2,1-2H3,(H2,28,36)(H,29,39)(H,30,41)(H,31,42)(H,32,37)(H,33,38)(H,34,40)/t17-,18-,22+/m0/s1. The Hall–Kier alpha value is -4.89. The third-order valence-electron chi connectivity index (χ3n) is 6.73. The predicted octanol–water partition coefficient (Wildman–Crippen LogP) is -2.67. The molecule has 0 aromatic heterocycles. The molecule has 1 aromatic rings. The van der Waals surface area contributed by atoms with Crippen molar-refractivity contribution in [1.29, 1.82) is 0 Å². The first-order valence-electron chi connectivity index (χ1n) is 13.9. The van der Waals surface area contributed by atoms with Gasteiger partial charge in [-0.15, -0.1) is 0 Å². The lowest BCUT2D eigenvalue weighted by Crippen LogP contribution is -2.57. The summed E-state index contributed by atoms with van der Waals surface area (Å²) in [5.74, 6) is -4.71. The summed E-state index contributed by atoms with van der Waals surface area (Å²) in [6.07, 6.45) is -1.19. The number of hydrogen-bond donors (Lipinski definition) is 7. The smallest absolute Gasteiger partial charge is 0.317 e. The number of rotatable bonds is 7. The monoisotopic (exact) mass is 602 g/mol. The second kappa shape index (κ2) is 15.4. The zero-order valence-electron chi connectivity index (χ0n) is 24.1. The minimum absolute atomic E-state index is 0.0207. The summed E-state index contributed by atoms with van der Waals surface area (Å²) in [6.45, 7) is 4.63. The second-order valence-electron chi connectivity index (χ2n) is 10.4. The third kappa shape index (κ3) is 9.58. The van der Waals surface area contributed by atoms with Crippen LogP contribution < -0.4 is 42.4 Å². The van der Waals surface area contributed by atoms with Crippen molar-refractivity contribution in [2.75, 3.05) is 39.3 Å². The van der Waals surface area contributed by atoms with Crippen LogP contribution >= 0.6 is 0 Å². The predicted molar refractivity (Wildman–Crippen MR) is 151 cm³/mol. The fourth-order valence-corrected chi connectivity index (χ4v) is 4.47. The second-order valence-corrected chi connectivity index (χ2v) is 10.4. The van der Waals surface area contributed by atoms with E-state index in [2.05, 4.69) is 31.9 Å². The molecule has 1 fully saturated rings. The number of carbonyl (C=O) groups is 7. The van der Waals surface area contributed by atoms with E-state index in [1.807, 2.05) is 0 Å². The summed E-state index contributed by atoms with van der Waals surface area (Å²) in [5.41, 5.74) is 5.39. The van der Waals surface area contributed by atoms with E-state index in [1.54, 1.807) is 32.0 Å². The molecule has 43 heavy (non-hydrogen) atoms. The van der Waals surface area contributed by atoms with Crippen molar-refractivity contribution >= 4 is 41.5 Å². The molecule has 0 bridgehead atoms. The van der Waals surface area contributed by atoms with Gasteiger partial charge in [-0.2, -0.15) is 0 Å². The highest BCUT2D eigenvalue weighted by Gasteiger charge is 2.32. The molecule has 0 aliphatic carbocycles. The number of hydrogen-bond acceptors (Lipinski definition) is 8. The van der Waals surface area contributed by atoms with Gasteiger partial charge in [0.05, 0.1) is 24.9 Å². The van der Waals surface area contributed by atoms with Gasteiger partial charge in [0.15, 0.2) is 0 Å². The van der Waals surface area contributed by atoms with Crippen molar-refractivity contribution in [3.8, 4) is 5.75 Å². The first kappa shape index (κ1) is 32.6. The van der Waals surface area contributed by atoms with Crippen LogP contribution in [0.4, 0.5) is 4.79 Å². The number of para-hydroxylation sites is 1. The SMILES string of the molecule is CC(C)[C@H]1NC(=O)[C@H](CC(N)=O)NC(=O)C[C@@H](C(=O)NCCN2CCNC2=O)NC(=O)c2ccccc2OCCNC1=O. The van der Waals surface area contributed by atoms with Gasteiger partial charge in [0.25, 0.3) is 5.91 Å². The molecule has 8 N–H and O–H groups in total. The zero-order valence-corrected chi connectivity index (χ0v) is 24.1. The molecule has 2 aliphatic rings. The first-order chi connectivity index (χ1) is 20.5. The Balaban J connectivity index is 1.87. The lowest BCUT2D eigenvalue weighted by Gasteiger charge is -2.25. The Morgan fingerprint density at radius 3 is 2.44 bits per heavy atom. The molecule has 234 valence electrons. The zero-order chi connectivity index (χ0) is 31.5. The Morgan fingerprint density at radius 2 is 1.77 bits per heavy atom. The van der Waals surface area contributed by atoms with Crippen LogP contribution in [0.5, 0.6) is 5.75 Å². The fraction of sp³-hybridized carbons (Fsp3) is 0.519. The number of primary amides is 1. The van der Waals surface area contributed by atoms with Crippen LogP contribution in [0, 0.1) is 5.92 Å². The molecule has 1 aromatic carbocycles. The highest BCUT2D eigenvalue weighted by Crippen LogP contribution is 2.18. The van der Waals surface area contributed by atoms with Crippen LogP contribution in [-0.2, 0) is 24.0 Å². The number of ether oxygens (including phenoxy) is 1. The van der Waals surface area contributed by atoms with E-state index in [-0.39, 0.29) is 49.5 Å². The van der Waals surface area contributed by atoms with Gasteiger partial charge in [-0.1, -0.05) is 26.0 Å². The summed E-state index contributed by atoms with van der Waals surface area (Å²) in [6, 6.07) is 2.10. The molecule has 0 saturated carbocycles. The van der Waals surface area contributed by atoms with E-state index in [4.69, 9.17) is 10.5 Å². The van der Waals surface area contributed by atoms with E-state index in [9.17, 15) is 33.6 Å². The summed E-state index contributed by atoms with van der Waals surface area (Å²) in [5, 5.41) is 15.4. The van der Waals surface area contributed by atoms with E-state index < -0.39 is 66.4 Å². The third-order valence-corrected chi connectivity index (χ3v) is 6.73. The molecule has 3 rings (SSSR count). The lowest BCUT2D eigenvalue weighted by atomic mass is 10.0. The van der Waals surface area contributed by atoms with E-state index >= 15 is 0 Å². The maximum atomic E-state index is 13.3. The molecule has 16 nitrogen and oxygen atoms in total. The van der Waals surface area contributed by atoms with Crippen LogP contribution in [-0.4, -0.2) is 104 Å². The lowest BCUT2D eigenvalue weighted by molar-refractivity contribution is -0.134. The van der Waals surface area contributed by atoms with Crippen molar-refractivity contribution in [2.45, 2.75) is 44.8 Å². The van der Waals surface area contributed by atoms with E-state index in [0.29, 0.717) is 13.1 Å². The number of nitrogens with two attached hydrogens (primary N) is 1. The van der Waals surface area contributed by atoms with Crippen LogP contribution in [0.15, 0.2) is 24.3 Å². The van der Waals surface area contributed by atoms with E-state index in [1.165, 1.54) is 11.0 Å². The topological polar surface area (TPSA) is 230 Å². The molecule has 16 heteroatoms. The largest absolute Gasteiger partial charge is 0.491 e. The number of urea groups is 1. The number of fused-ring (bicyclic) bond motifs is 1. The number of nitrogens with one attached hydrogen (secondary N) is 6. The highest BCUT2D eigenvalue weighted by molar-refractivity contribution is 6.01. The summed E-state index contributed by atoms with van der Waals surface area (Å²) < 4.78 is 5.72. The average Bonchev–Trinajstić information content (AvgIpc) is 3.36.